The van der Waals surface area contributed by atoms with E-state index in [1.54, 1.807) is 31.2 Å². The van der Waals surface area contributed by atoms with Crippen LogP contribution in [0.2, 0.25) is 0 Å². The number of aryl methyl sites for hydroxylation is 1. The third kappa shape index (κ3) is 8.21. The van der Waals surface area contributed by atoms with Crippen molar-refractivity contribution in [2.75, 3.05) is 23.7 Å². The van der Waals surface area contributed by atoms with Gasteiger partial charge in [0.2, 0.25) is 21.8 Å². The van der Waals surface area contributed by atoms with Gasteiger partial charge in [-0.2, -0.15) is 0 Å². The molecule has 8 nitrogen and oxygen atoms in total. The number of anilines is 1. The molecule has 1 aliphatic rings. The molecule has 1 saturated carbocycles. The summed E-state index contributed by atoms with van der Waals surface area (Å²) in [6.07, 6.45) is 6.27. The molecule has 3 rings (SSSR count). The molecule has 1 N–H and O–H groups in total. The maximum absolute atomic E-state index is 13.7. The highest BCUT2D eigenvalue weighted by Gasteiger charge is 2.31. The molecule has 0 aliphatic heterocycles. The number of carbonyl (C=O) groups excluding carboxylic acids is 2. The van der Waals surface area contributed by atoms with Gasteiger partial charge < -0.3 is 15.0 Å². The van der Waals surface area contributed by atoms with Gasteiger partial charge in [-0.25, -0.2) is 8.42 Å². The number of sulfonamides is 1. The van der Waals surface area contributed by atoms with Crippen molar-refractivity contribution < 1.29 is 22.7 Å². The van der Waals surface area contributed by atoms with E-state index in [0.29, 0.717) is 18.0 Å². The van der Waals surface area contributed by atoms with Crippen molar-refractivity contribution in [1.29, 1.82) is 0 Å². The minimum Gasteiger partial charge on any atom is -0.494 e. The van der Waals surface area contributed by atoms with E-state index < -0.39 is 28.5 Å². The summed E-state index contributed by atoms with van der Waals surface area (Å²) in [5.74, 6) is -0.0629. The van der Waals surface area contributed by atoms with Crippen LogP contribution in [0.4, 0.5) is 5.69 Å². The lowest BCUT2D eigenvalue weighted by Crippen LogP contribution is -2.52. The predicted molar refractivity (Wildman–Crippen MR) is 146 cm³/mol. The molecule has 0 spiro atoms. The highest BCUT2D eigenvalue weighted by atomic mass is 32.2. The van der Waals surface area contributed by atoms with Crippen molar-refractivity contribution >= 4 is 27.5 Å². The Morgan fingerprint density at radius 2 is 1.76 bits per heavy atom. The zero-order valence-corrected chi connectivity index (χ0v) is 23.1. The lowest BCUT2D eigenvalue weighted by Gasteiger charge is -2.33. The summed E-state index contributed by atoms with van der Waals surface area (Å²) < 4.78 is 32.0. The molecule has 1 atom stereocenters. The average molecular weight is 530 g/mol. The van der Waals surface area contributed by atoms with Gasteiger partial charge in [0.1, 0.15) is 18.3 Å². The van der Waals surface area contributed by atoms with Gasteiger partial charge in [0.05, 0.1) is 18.6 Å². The molecule has 0 unspecified atom stereocenters. The van der Waals surface area contributed by atoms with Crippen LogP contribution in [-0.4, -0.2) is 56.6 Å². The van der Waals surface area contributed by atoms with E-state index in [-0.39, 0.29) is 18.5 Å². The lowest BCUT2D eigenvalue weighted by atomic mass is 9.95. The third-order valence-corrected chi connectivity index (χ3v) is 7.81. The molecule has 1 aliphatic carbocycles. The van der Waals surface area contributed by atoms with Gasteiger partial charge in [-0.05, 0) is 63.4 Å². The topological polar surface area (TPSA) is 96.0 Å². The number of nitrogens with one attached hydrogen (secondary N) is 1. The summed E-state index contributed by atoms with van der Waals surface area (Å²) in [5.41, 5.74) is 2.27. The normalized spacial score (nSPS) is 15.0. The molecule has 0 aromatic heterocycles. The molecule has 37 heavy (non-hydrogen) atoms. The third-order valence-electron chi connectivity index (χ3n) is 6.67. The fourth-order valence-corrected chi connectivity index (χ4v) is 5.50. The predicted octanol–water partition coefficient (Wildman–Crippen LogP) is 4.03. The largest absolute Gasteiger partial charge is 0.494 e. The van der Waals surface area contributed by atoms with Crippen LogP contribution in [-0.2, 0) is 26.2 Å². The standard InChI is InChI=1S/C28H39N3O5S/c1-5-36-26-16-14-25(15-17-26)31(37(4,34)35)20-27(32)30(19-23-11-9-10-21(2)18-23)22(3)28(33)29-24-12-7-6-8-13-24/h9-11,14-18,22,24H,5-8,12-13,19-20H2,1-4H3,(H,29,33)/t22-/m1/s1. The Labute approximate surface area is 221 Å². The molecule has 0 heterocycles. The highest BCUT2D eigenvalue weighted by Crippen LogP contribution is 2.23. The molecule has 9 heteroatoms. The Kier molecular flexibility index (Phi) is 9.97. The van der Waals surface area contributed by atoms with E-state index in [9.17, 15) is 18.0 Å². The molecule has 2 aromatic carbocycles. The van der Waals surface area contributed by atoms with Gasteiger partial charge in [0.25, 0.3) is 0 Å². The second-order valence-corrected chi connectivity index (χ2v) is 11.6. The highest BCUT2D eigenvalue weighted by molar-refractivity contribution is 7.92. The molecule has 2 amide bonds. The molecule has 0 radical (unpaired) electrons. The van der Waals surface area contributed by atoms with Crippen molar-refractivity contribution in [2.24, 2.45) is 0 Å². The maximum atomic E-state index is 13.7. The van der Waals surface area contributed by atoms with E-state index in [0.717, 1.165) is 47.4 Å². The minimum absolute atomic E-state index is 0.107. The number of amides is 2. The van der Waals surface area contributed by atoms with Gasteiger partial charge in [-0.3, -0.25) is 13.9 Å². The second kappa shape index (κ2) is 12.9. The summed E-state index contributed by atoms with van der Waals surface area (Å²) in [6.45, 7) is 5.80. The van der Waals surface area contributed by atoms with Gasteiger partial charge in [-0.1, -0.05) is 49.1 Å². The molecular formula is C28H39N3O5S. The first-order valence-electron chi connectivity index (χ1n) is 12.9. The number of ether oxygens (including phenoxy) is 1. The van der Waals surface area contributed by atoms with Crippen LogP contribution in [0.3, 0.4) is 0 Å². The van der Waals surface area contributed by atoms with Crippen LogP contribution in [0, 0.1) is 6.92 Å². The van der Waals surface area contributed by atoms with Crippen LogP contribution < -0.4 is 14.4 Å². The van der Waals surface area contributed by atoms with Crippen molar-refractivity contribution in [1.82, 2.24) is 10.2 Å². The Morgan fingerprint density at radius 1 is 1.08 bits per heavy atom. The zero-order chi connectivity index (χ0) is 27.0. The number of benzene rings is 2. The number of carbonyl (C=O) groups is 2. The SMILES string of the molecule is CCOc1ccc(N(CC(=O)N(Cc2cccc(C)c2)[C@H](C)C(=O)NC2CCCCC2)S(C)(=O)=O)cc1. The Bertz CT molecular complexity index is 1160. The number of hydrogen-bond donors (Lipinski definition) is 1. The second-order valence-electron chi connectivity index (χ2n) is 9.73. The van der Waals surface area contributed by atoms with Crippen molar-refractivity contribution in [3.8, 4) is 5.75 Å². The van der Waals surface area contributed by atoms with Crippen LogP contribution in [0.25, 0.3) is 0 Å². The number of hydrogen-bond acceptors (Lipinski definition) is 5. The lowest BCUT2D eigenvalue weighted by molar-refractivity contribution is -0.139. The van der Waals surface area contributed by atoms with E-state index in [1.807, 2.05) is 38.1 Å². The maximum Gasteiger partial charge on any atom is 0.244 e. The van der Waals surface area contributed by atoms with E-state index in [4.69, 9.17) is 4.74 Å². The average Bonchev–Trinajstić information content (AvgIpc) is 2.86. The zero-order valence-electron chi connectivity index (χ0n) is 22.3. The van der Waals surface area contributed by atoms with Crippen molar-refractivity contribution in [3.05, 3.63) is 59.7 Å². The van der Waals surface area contributed by atoms with Gasteiger partial charge in [0.15, 0.2) is 0 Å². The van der Waals surface area contributed by atoms with Crippen molar-refractivity contribution in [2.45, 2.75) is 71.5 Å². The Hall–Kier alpha value is -3.07. The molecule has 202 valence electrons. The summed E-state index contributed by atoms with van der Waals surface area (Å²) in [7, 11) is -3.78. The fraction of sp³-hybridized carbons (Fsp3) is 0.500. The Morgan fingerprint density at radius 3 is 2.35 bits per heavy atom. The summed E-state index contributed by atoms with van der Waals surface area (Å²) >= 11 is 0. The smallest absolute Gasteiger partial charge is 0.244 e. The summed E-state index contributed by atoms with van der Waals surface area (Å²) in [6, 6.07) is 13.7. The molecular weight excluding hydrogens is 490 g/mol. The first-order chi connectivity index (χ1) is 17.6. The minimum atomic E-state index is -3.78. The van der Waals surface area contributed by atoms with E-state index >= 15 is 0 Å². The van der Waals surface area contributed by atoms with E-state index in [2.05, 4.69) is 5.32 Å². The summed E-state index contributed by atoms with van der Waals surface area (Å²) in [5, 5.41) is 3.11. The van der Waals surface area contributed by atoms with Crippen LogP contribution >= 0.6 is 0 Å². The quantitative estimate of drug-likeness (QED) is 0.474. The fourth-order valence-electron chi connectivity index (χ4n) is 4.65. The van der Waals surface area contributed by atoms with Crippen LogP contribution in [0.15, 0.2) is 48.5 Å². The monoisotopic (exact) mass is 529 g/mol. The summed E-state index contributed by atoms with van der Waals surface area (Å²) in [4.78, 5) is 28.4. The van der Waals surface area contributed by atoms with Crippen LogP contribution in [0.5, 0.6) is 5.75 Å². The molecule has 0 saturated heterocycles. The molecule has 2 aromatic rings. The van der Waals surface area contributed by atoms with Crippen LogP contribution in [0.1, 0.15) is 57.1 Å². The van der Waals surface area contributed by atoms with Gasteiger partial charge in [-0.15, -0.1) is 0 Å². The number of nitrogens with zero attached hydrogens (tertiary/aromatic N) is 2. The Balaban J connectivity index is 1.85. The first-order valence-corrected chi connectivity index (χ1v) is 14.8. The first kappa shape index (κ1) is 28.5. The molecule has 0 bridgehead atoms. The van der Waals surface area contributed by atoms with E-state index in [1.165, 1.54) is 11.3 Å². The van der Waals surface area contributed by atoms with Gasteiger partial charge in [0, 0.05) is 12.6 Å². The van der Waals surface area contributed by atoms with Gasteiger partial charge >= 0.3 is 0 Å². The van der Waals surface area contributed by atoms with Crippen molar-refractivity contribution in [3.63, 3.8) is 0 Å². The molecule has 1 fully saturated rings. The number of rotatable bonds is 11.